The van der Waals surface area contributed by atoms with Gasteiger partial charge in [-0.25, -0.2) is 0 Å². The Balaban J connectivity index is 2.46. The van der Waals surface area contributed by atoms with Gasteiger partial charge < -0.3 is 4.74 Å². The van der Waals surface area contributed by atoms with Gasteiger partial charge in [-0.1, -0.05) is 0 Å². The molecule has 0 atom stereocenters. The molecule has 0 radical (unpaired) electrons. The molecule has 4 heteroatoms. The van der Waals surface area contributed by atoms with Crippen molar-refractivity contribution in [2.75, 3.05) is 6.61 Å². The number of hydrogen-bond donors (Lipinski definition) is 0. The van der Waals surface area contributed by atoms with E-state index in [1.807, 2.05) is 0 Å². The van der Waals surface area contributed by atoms with Gasteiger partial charge in [0.2, 0.25) is 5.76 Å². The maximum absolute atomic E-state index is 10.7. The molecule has 0 aromatic carbocycles. The first-order valence-corrected chi connectivity index (χ1v) is 2.87. The lowest BCUT2D eigenvalue weighted by molar-refractivity contribution is -0.117. The molecule has 0 aromatic heterocycles. The van der Waals surface area contributed by atoms with Crippen molar-refractivity contribution in [3.05, 3.63) is 23.6 Å². The zero-order chi connectivity index (χ0) is 6.97. The summed E-state index contributed by atoms with van der Waals surface area (Å²) in [6.07, 6.45) is 3.52. The van der Waals surface area contributed by atoms with Crippen molar-refractivity contribution in [3.8, 4) is 0 Å². The van der Waals surface area contributed by atoms with Gasteiger partial charge in [-0.2, -0.15) is 0 Å². The zero-order valence-corrected chi connectivity index (χ0v) is 5.07. The summed E-state index contributed by atoms with van der Waals surface area (Å²) >= 11 is 0. The van der Waals surface area contributed by atoms with Crippen molar-refractivity contribution in [1.29, 1.82) is 0 Å². The van der Waals surface area contributed by atoms with Crippen molar-refractivity contribution < 1.29 is 9.53 Å². The Labute approximate surface area is 56.9 Å². The van der Waals surface area contributed by atoms with Gasteiger partial charge in [0, 0.05) is 0 Å². The van der Waals surface area contributed by atoms with E-state index < -0.39 is 0 Å². The Morgan fingerprint density at radius 3 is 3.20 bits per heavy atom. The monoisotopic (exact) mass is 136 g/mol. The predicted octanol–water partition coefficient (Wildman–Crippen LogP) is 0.777. The minimum Gasteiger partial charge on any atom is -0.482 e. The first-order chi connectivity index (χ1) is 4.88. The van der Waals surface area contributed by atoms with Gasteiger partial charge in [0.15, 0.2) is 0 Å². The maximum Gasteiger partial charge on any atom is 0.332 e. The Morgan fingerprint density at radius 2 is 2.40 bits per heavy atom. The maximum atomic E-state index is 10.7. The third kappa shape index (κ3) is 0.586. The summed E-state index contributed by atoms with van der Waals surface area (Å²) in [6, 6.07) is 0. The van der Waals surface area contributed by atoms with Crippen molar-refractivity contribution in [2.24, 2.45) is 10.2 Å². The van der Waals surface area contributed by atoms with Crippen molar-refractivity contribution >= 4 is 5.91 Å². The fraction of sp³-hybridized carbons (Fsp3) is 0.167. The lowest BCUT2D eigenvalue weighted by Gasteiger charge is -2.04. The van der Waals surface area contributed by atoms with E-state index in [9.17, 15) is 4.79 Å². The second-order valence-corrected chi connectivity index (χ2v) is 1.93. The van der Waals surface area contributed by atoms with Crippen LogP contribution >= 0.6 is 0 Å². The standard InChI is InChI=1S/C6H4N2O2/c9-6-5-4(7-8-6)2-1-3-10-5/h1-2H,3H2. The van der Waals surface area contributed by atoms with E-state index in [1.165, 1.54) is 0 Å². The molecule has 0 aromatic rings. The van der Waals surface area contributed by atoms with Crippen LogP contribution in [0.2, 0.25) is 0 Å². The topological polar surface area (TPSA) is 51.0 Å². The zero-order valence-electron chi connectivity index (χ0n) is 5.07. The third-order valence-electron chi connectivity index (χ3n) is 1.28. The summed E-state index contributed by atoms with van der Waals surface area (Å²) in [5, 5.41) is 6.90. The fourth-order valence-corrected chi connectivity index (χ4v) is 0.836. The number of rotatable bonds is 0. The van der Waals surface area contributed by atoms with Crippen molar-refractivity contribution in [1.82, 2.24) is 0 Å². The van der Waals surface area contributed by atoms with Crippen LogP contribution in [0.3, 0.4) is 0 Å². The molecule has 0 saturated carbocycles. The van der Waals surface area contributed by atoms with Crippen molar-refractivity contribution in [2.45, 2.75) is 0 Å². The Kier molecular flexibility index (Phi) is 0.943. The van der Waals surface area contributed by atoms with Crippen LogP contribution < -0.4 is 0 Å². The van der Waals surface area contributed by atoms with Crippen LogP contribution in [-0.4, -0.2) is 12.5 Å². The minimum atomic E-state index is -0.376. The van der Waals surface area contributed by atoms with Gasteiger partial charge in [-0.3, -0.25) is 4.79 Å². The molecule has 0 aliphatic carbocycles. The molecule has 0 bridgehead atoms. The highest BCUT2D eigenvalue weighted by atomic mass is 16.5. The molecule has 10 heavy (non-hydrogen) atoms. The van der Waals surface area contributed by atoms with Gasteiger partial charge in [0.1, 0.15) is 12.3 Å². The fourth-order valence-electron chi connectivity index (χ4n) is 0.836. The molecule has 2 rings (SSSR count). The normalized spacial score (nSPS) is 21.4. The molecular weight excluding hydrogens is 132 g/mol. The second kappa shape index (κ2) is 1.76. The Bertz CT molecular complexity index is 275. The minimum absolute atomic E-state index is 0.280. The quantitative estimate of drug-likeness (QED) is 0.494. The summed E-state index contributed by atoms with van der Waals surface area (Å²) in [5.74, 6) is -0.0955. The van der Waals surface area contributed by atoms with E-state index in [2.05, 4.69) is 10.2 Å². The summed E-state index contributed by atoms with van der Waals surface area (Å²) in [5.41, 5.74) is 0.538. The average Bonchev–Trinajstić information content (AvgIpc) is 2.34. The number of carbonyl (C=O) groups excluding carboxylic acids is 1. The molecule has 2 aliphatic heterocycles. The molecule has 50 valence electrons. The van der Waals surface area contributed by atoms with Crippen LogP contribution in [0.25, 0.3) is 0 Å². The molecule has 0 spiro atoms. The number of allylic oxidation sites excluding steroid dienone is 1. The van der Waals surface area contributed by atoms with E-state index in [0.717, 1.165) is 0 Å². The summed E-state index contributed by atoms with van der Waals surface area (Å²) in [4.78, 5) is 10.7. The molecule has 4 nitrogen and oxygen atoms in total. The molecule has 0 saturated heterocycles. The first-order valence-electron chi connectivity index (χ1n) is 2.87. The van der Waals surface area contributed by atoms with E-state index in [-0.39, 0.29) is 11.7 Å². The highest BCUT2D eigenvalue weighted by molar-refractivity contribution is 5.95. The van der Waals surface area contributed by atoms with E-state index in [0.29, 0.717) is 12.3 Å². The highest BCUT2D eigenvalue weighted by Crippen LogP contribution is 2.21. The lowest BCUT2D eigenvalue weighted by Crippen LogP contribution is -2.04. The molecule has 2 aliphatic rings. The van der Waals surface area contributed by atoms with E-state index in [4.69, 9.17) is 4.74 Å². The van der Waals surface area contributed by atoms with Crippen LogP contribution in [0, 0.1) is 0 Å². The summed E-state index contributed by atoms with van der Waals surface area (Å²) in [6.45, 7) is 0.440. The number of azo groups is 1. The molecule has 2 heterocycles. The molecule has 1 amide bonds. The lowest BCUT2D eigenvalue weighted by atomic mass is 10.3. The molecule has 0 unspecified atom stereocenters. The molecular formula is C6H4N2O2. The van der Waals surface area contributed by atoms with Crippen molar-refractivity contribution in [3.63, 3.8) is 0 Å². The van der Waals surface area contributed by atoms with E-state index >= 15 is 0 Å². The number of amides is 1. The van der Waals surface area contributed by atoms with Crippen LogP contribution in [-0.2, 0) is 9.53 Å². The van der Waals surface area contributed by atoms with Gasteiger partial charge >= 0.3 is 5.91 Å². The average molecular weight is 136 g/mol. The first kappa shape index (κ1) is 5.34. The SMILES string of the molecule is O=C1N=NC2=C1OCC=C2. The van der Waals surface area contributed by atoms with E-state index in [1.54, 1.807) is 12.2 Å². The number of hydrogen-bond acceptors (Lipinski definition) is 3. The third-order valence-corrected chi connectivity index (χ3v) is 1.28. The predicted molar refractivity (Wildman–Crippen MR) is 32.0 cm³/mol. The highest BCUT2D eigenvalue weighted by Gasteiger charge is 2.22. The van der Waals surface area contributed by atoms with Gasteiger partial charge in [-0.15, -0.1) is 10.2 Å². The Hall–Kier alpha value is -1.45. The summed E-state index contributed by atoms with van der Waals surface area (Å²) < 4.78 is 4.97. The second-order valence-electron chi connectivity index (χ2n) is 1.93. The van der Waals surface area contributed by atoms with Crippen LogP contribution in [0.4, 0.5) is 0 Å². The van der Waals surface area contributed by atoms with Crippen LogP contribution in [0.1, 0.15) is 0 Å². The molecule has 0 N–H and O–H groups in total. The Morgan fingerprint density at radius 1 is 1.50 bits per heavy atom. The van der Waals surface area contributed by atoms with Gasteiger partial charge in [0.25, 0.3) is 0 Å². The van der Waals surface area contributed by atoms with Gasteiger partial charge in [0.05, 0.1) is 0 Å². The number of ether oxygens (including phenoxy) is 1. The van der Waals surface area contributed by atoms with Crippen LogP contribution in [0.15, 0.2) is 33.8 Å². The van der Waals surface area contributed by atoms with Crippen LogP contribution in [0.5, 0.6) is 0 Å². The van der Waals surface area contributed by atoms with Gasteiger partial charge in [-0.05, 0) is 12.2 Å². The molecule has 0 fully saturated rings. The number of carbonyl (C=O) groups is 1. The summed E-state index contributed by atoms with van der Waals surface area (Å²) in [7, 11) is 0. The smallest absolute Gasteiger partial charge is 0.332 e. The largest absolute Gasteiger partial charge is 0.482 e. The number of nitrogens with zero attached hydrogens (tertiary/aromatic N) is 2.